The Morgan fingerprint density at radius 1 is 0.667 bits per heavy atom. The van der Waals surface area contributed by atoms with Gasteiger partial charge >= 0.3 is 0 Å². The van der Waals surface area contributed by atoms with Gasteiger partial charge in [-0.2, -0.15) is 0 Å². The molecule has 0 radical (unpaired) electrons. The second-order valence-electron chi connectivity index (χ2n) is 4.89. The smallest absolute Gasteiger partial charge is 0.123 e. The van der Waals surface area contributed by atoms with Crippen molar-refractivity contribution in [1.82, 2.24) is 0 Å². The highest BCUT2D eigenvalue weighted by Gasteiger charge is 2.10. The number of aromatic hydroxyl groups is 1. The number of rotatable bonds is 0. The normalized spacial score (nSPS) is 11.8. The van der Waals surface area contributed by atoms with Crippen LogP contribution in [0.2, 0.25) is 0 Å². The Balaban J connectivity index is 2.47. The summed E-state index contributed by atoms with van der Waals surface area (Å²) in [6.07, 6.45) is 0. The highest BCUT2D eigenvalue weighted by molar-refractivity contribution is 6.24. The van der Waals surface area contributed by atoms with Crippen LogP contribution >= 0.6 is 0 Å². The molecule has 0 heterocycles. The number of hydrogen-bond acceptors (Lipinski definition) is 1. The van der Waals surface area contributed by atoms with Gasteiger partial charge in [-0.25, -0.2) is 0 Å². The van der Waals surface area contributed by atoms with E-state index in [1.54, 1.807) is 6.07 Å². The summed E-state index contributed by atoms with van der Waals surface area (Å²) in [4.78, 5) is 0. The van der Waals surface area contributed by atoms with Crippen LogP contribution in [-0.4, -0.2) is 5.11 Å². The fourth-order valence-electron chi connectivity index (χ4n) is 2.93. The van der Waals surface area contributed by atoms with Gasteiger partial charge < -0.3 is 5.11 Å². The summed E-state index contributed by atoms with van der Waals surface area (Å²) < 4.78 is 0. The Morgan fingerprint density at radius 3 is 2.00 bits per heavy atom. The van der Waals surface area contributed by atoms with Crippen molar-refractivity contribution in [2.24, 2.45) is 0 Å². The number of hydrogen-bond donors (Lipinski definition) is 1. The molecule has 1 nitrogen and oxygen atoms in total. The zero-order valence-corrected chi connectivity index (χ0v) is 10.1. The van der Waals surface area contributed by atoms with Crippen molar-refractivity contribution in [2.75, 3.05) is 0 Å². The van der Waals surface area contributed by atoms with E-state index < -0.39 is 0 Å². The van der Waals surface area contributed by atoms with Crippen LogP contribution in [-0.2, 0) is 0 Å². The topological polar surface area (TPSA) is 20.2 Å². The molecule has 0 unspecified atom stereocenters. The molecule has 18 heavy (non-hydrogen) atoms. The van der Waals surface area contributed by atoms with Crippen molar-refractivity contribution in [2.45, 2.75) is 6.92 Å². The van der Waals surface area contributed by atoms with Crippen LogP contribution in [0.15, 0.2) is 48.5 Å². The van der Waals surface area contributed by atoms with Gasteiger partial charge in [0.05, 0.1) is 0 Å². The van der Waals surface area contributed by atoms with Gasteiger partial charge in [-0.05, 0) is 46.2 Å². The molecule has 0 saturated carbocycles. The minimum atomic E-state index is 0.360. The maximum Gasteiger partial charge on any atom is 0.123 e. The van der Waals surface area contributed by atoms with E-state index in [1.807, 2.05) is 12.1 Å². The van der Waals surface area contributed by atoms with Crippen LogP contribution < -0.4 is 0 Å². The van der Waals surface area contributed by atoms with Gasteiger partial charge in [-0.15, -0.1) is 0 Å². The standard InChI is InChI=1S/C17H12O/c1-10-2-3-11-4-5-12-6-9-15(18)14-8-7-13(10)16(11)17(12)14/h2-9,18H,1H3. The van der Waals surface area contributed by atoms with Crippen molar-refractivity contribution in [1.29, 1.82) is 0 Å². The monoisotopic (exact) mass is 232 g/mol. The number of phenols is 1. The van der Waals surface area contributed by atoms with Crippen LogP contribution in [0.4, 0.5) is 0 Å². The number of phenolic OH excluding ortho intramolecular Hbond substituents is 1. The average molecular weight is 232 g/mol. The summed E-state index contributed by atoms with van der Waals surface area (Å²) in [6.45, 7) is 2.13. The third kappa shape index (κ3) is 1.06. The van der Waals surface area contributed by atoms with Crippen molar-refractivity contribution in [3.05, 3.63) is 54.1 Å². The van der Waals surface area contributed by atoms with Crippen LogP contribution in [0.25, 0.3) is 32.3 Å². The summed E-state index contributed by atoms with van der Waals surface area (Å²) in [5, 5.41) is 17.1. The zero-order chi connectivity index (χ0) is 12.3. The Hall–Kier alpha value is -2.28. The van der Waals surface area contributed by atoms with Gasteiger partial charge in [0.25, 0.3) is 0 Å². The number of benzene rings is 4. The minimum absolute atomic E-state index is 0.360. The van der Waals surface area contributed by atoms with Gasteiger partial charge in [-0.3, -0.25) is 0 Å². The van der Waals surface area contributed by atoms with Gasteiger partial charge in [0, 0.05) is 10.8 Å². The van der Waals surface area contributed by atoms with E-state index in [9.17, 15) is 5.11 Å². The minimum Gasteiger partial charge on any atom is -0.507 e. The molecule has 4 aromatic carbocycles. The summed E-state index contributed by atoms with van der Waals surface area (Å²) in [5.41, 5.74) is 1.28. The van der Waals surface area contributed by atoms with E-state index in [1.165, 1.54) is 32.5 Å². The third-order valence-corrected chi connectivity index (χ3v) is 3.86. The van der Waals surface area contributed by atoms with Crippen molar-refractivity contribution in [3.8, 4) is 5.75 Å². The predicted molar refractivity (Wildman–Crippen MR) is 76.5 cm³/mol. The Labute approximate surface area is 105 Å². The molecule has 1 N–H and O–H groups in total. The molecule has 1 heteroatoms. The first-order valence-electron chi connectivity index (χ1n) is 6.12. The highest BCUT2D eigenvalue weighted by Crippen LogP contribution is 2.38. The van der Waals surface area contributed by atoms with E-state index in [-0.39, 0.29) is 0 Å². The molecule has 0 fully saturated rings. The molecule has 0 aliphatic carbocycles. The van der Waals surface area contributed by atoms with Gasteiger partial charge in [-0.1, -0.05) is 36.4 Å². The molecule has 0 atom stereocenters. The van der Waals surface area contributed by atoms with E-state index in [0.717, 1.165) is 5.39 Å². The first-order chi connectivity index (χ1) is 8.75. The summed E-state index contributed by atoms with van der Waals surface area (Å²) in [7, 11) is 0. The third-order valence-electron chi connectivity index (χ3n) is 3.86. The lowest BCUT2D eigenvalue weighted by molar-refractivity contribution is 0.482. The molecule has 4 rings (SSSR count). The molecule has 0 spiro atoms. The fourth-order valence-corrected chi connectivity index (χ4v) is 2.93. The summed E-state index contributed by atoms with van der Waals surface area (Å²) in [5.74, 6) is 0.360. The van der Waals surface area contributed by atoms with Crippen LogP contribution in [0, 0.1) is 6.92 Å². The Morgan fingerprint density at radius 2 is 1.22 bits per heavy atom. The SMILES string of the molecule is Cc1ccc2ccc3ccc(O)c4ccc1c2c34. The van der Waals surface area contributed by atoms with E-state index in [4.69, 9.17) is 0 Å². The van der Waals surface area contributed by atoms with Crippen molar-refractivity contribution in [3.63, 3.8) is 0 Å². The van der Waals surface area contributed by atoms with E-state index in [0.29, 0.717) is 5.75 Å². The van der Waals surface area contributed by atoms with Crippen molar-refractivity contribution >= 4 is 32.3 Å². The quantitative estimate of drug-likeness (QED) is 0.439. The lowest BCUT2D eigenvalue weighted by Gasteiger charge is -2.12. The van der Waals surface area contributed by atoms with Crippen molar-refractivity contribution < 1.29 is 5.11 Å². The molecule has 0 amide bonds. The molecule has 0 aliphatic rings. The first-order valence-corrected chi connectivity index (χ1v) is 6.12. The molecular weight excluding hydrogens is 220 g/mol. The maximum absolute atomic E-state index is 10.0. The number of aryl methyl sites for hydroxylation is 1. The predicted octanol–water partition coefficient (Wildman–Crippen LogP) is 4.60. The van der Waals surface area contributed by atoms with Crippen LogP contribution in [0.1, 0.15) is 5.56 Å². The summed E-state index contributed by atoms with van der Waals surface area (Å²) in [6, 6.07) is 16.5. The molecular formula is C17H12O. The van der Waals surface area contributed by atoms with E-state index >= 15 is 0 Å². The molecule has 86 valence electrons. The van der Waals surface area contributed by atoms with Gasteiger partial charge in [0.15, 0.2) is 0 Å². The van der Waals surface area contributed by atoms with Gasteiger partial charge in [0.1, 0.15) is 5.75 Å². The maximum atomic E-state index is 10.0. The molecule has 0 aliphatic heterocycles. The second kappa shape index (κ2) is 3.14. The Kier molecular flexibility index (Phi) is 1.69. The summed E-state index contributed by atoms with van der Waals surface area (Å²) >= 11 is 0. The van der Waals surface area contributed by atoms with Crippen LogP contribution in [0.3, 0.4) is 0 Å². The lowest BCUT2D eigenvalue weighted by Crippen LogP contribution is -1.86. The van der Waals surface area contributed by atoms with Gasteiger partial charge in [0.2, 0.25) is 0 Å². The lowest BCUT2D eigenvalue weighted by atomic mass is 9.92. The van der Waals surface area contributed by atoms with E-state index in [2.05, 4.69) is 37.3 Å². The molecule has 4 aromatic rings. The first kappa shape index (κ1) is 9.72. The fraction of sp³-hybridized carbons (Fsp3) is 0.0588. The average Bonchev–Trinajstić information content (AvgIpc) is 2.40. The highest BCUT2D eigenvalue weighted by atomic mass is 16.3. The Bertz CT molecular complexity index is 815. The molecule has 0 saturated heterocycles. The zero-order valence-electron chi connectivity index (χ0n) is 10.1. The van der Waals surface area contributed by atoms with Crippen LogP contribution in [0.5, 0.6) is 5.75 Å². The second-order valence-corrected chi connectivity index (χ2v) is 4.89. The molecule has 0 bridgehead atoms. The largest absolute Gasteiger partial charge is 0.507 e. The molecule has 0 aromatic heterocycles.